The first-order chi connectivity index (χ1) is 34.0. The van der Waals surface area contributed by atoms with Crippen LogP contribution in [0.3, 0.4) is 0 Å². The van der Waals surface area contributed by atoms with Gasteiger partial charge < -0.3 is 14.2 Å². The average Bonchev–Trinajstić information content (AvgIpc) is 3.35. The van der Waals surface area contributed by atoms with E-state index in [2.05, 4.69) is 45.1 Å². The molecule has 69 heavy (non-hydrogen) atoms. The van der Waals surface area contributed by atoms with Crippen LogP contribution in [0.4, 0.5) is 0 Å². The van der Waals surface area contributed by atoms with Crippen molar-refractivity contribution in [2.75, 3.05) is 13.2 Å². The van der Waals surface area contributed by atoms with Crippen molar-refractivity contribution < 1.29 is 28.6 Å². The first-order valence-electron chi connectivity index (χ1n) is 30.8. The Morgan fingerprint density at radius 2 is 0.478 bits per heavy atom. The molecular formula is C63H118O6. The highest BCUT2D eigenvalue weighted by atomic mass is 16.6. The van der Waals surface area contributed by atoms with Crippen LogP contribution in [-0.4, -0.2) is 37.2 Å². The number of rotatable bonds is 57. The zero-order valence-electron chi connectivity index (χ0n) is 46.6. The Morgan fingerprint density at radius 3 is 0.725 bits per heavy atom. The van der Waals surface area contributed by atoms with E-state index in [0.29, 0.717) is 19.3 Å². The lowest BCUT2D eigenvalue weighted by Gasteiger charge is -2.18. The van der Waals surface area contributed by atoms with E-state index in [9.17, 15) is 14.4 Å². The summed E-state index contributed by atoms with van der Waals surface area (Å²) in [7, 11) is 0. The number of esters is 3. The molecule has 0 aromatic carbocycles. The highest BCUT2D eigenvalue weighted by Crippen LogP contribution is 2.17. The summed E-state index contributed by atoms with van der Waals surface area (Å²) >= 11 is 0. The zero-order chi connectivity index (χ0) is 50.0. The van der Waals surface area contributed by atoms with Crippen molar-refractivity contribution in [1.82, 2.24) is 0 Å². The minimum Gasteiger partial charge on any atom is -0.462 e. The molecule has 0 radical (unpaired) electrons. The molecule has 0 aromatic rings. The van der Waals surface area contributed by atoms with E-state index in [4.69, 9.17) is 14.2 Å². The van der Waals surface area contributed by atoms with Crippen LogP contribution in [-0.2, 0) is 28.6 Å². The maximum atomic E-state index is 12.9. The number of hydrogen-bond donors (Lipinski definition) is 0. The molecule has 0 saturated carbocycles. The van der Waals surface area contributed by atoms with Gasteiger partial charge in [0.2, 0.25) is 0 Å². The van der Waals surface area contributed by atoms with Gasteiger partial charge >= 0.3 is 17.9 Å². The monoisotopic (exact) mass is 971 g/mol. The van der Waals surface area contributed by atoms with Gasteiger partial charge in [-0.3, -0.25) is 14.4 Å². The van der Waals surface area contributed by atoms with Crippen LogP contribution < -0.4 is 0 Å². The van der Waals surface area contributed by atoms with E-state index in [-0.39, 0.29) is 31.1 Å². The molecule has 406 valence electrons. The summed E-state index contributed by atoms with van der Waals surface area (Å²) in [6.45, 7) is 6.69. The summed E-state index contributed by atoms with van der Waals surface area (Å²) in [6, 6.07) is 0. The first-order valence-corrected chi connectivity index (χ1v) is 30.8. The Morgan fingerprint density at radius 1 is 0.275 bits per heavy atom. The van der Waals surface area contributed by atoms with E-state index >= 15 is 0 Å². The molecular weight excluding hydrogens is 853 g/mol. The van der Waals surface area contributed by atoms with Gasteiger partial charge in [-0.25, -0.2) is 0 Å². The largest absolute Gasteiger partial charge is 0.462 e. The van der Waals surface area contributed by atoms with Gasteiger partial charge in [-0.05, 0) is 70.6 Å². The molecule has 6 nitrogen and oxygen atoms in total. The first kappa shape index (κ1) is 66.9. The van der Waals surface area contributed by atoms with Gasteiger partial charge in [0, 0.05) is 19.3 Å². The van der Waals surface area contributed by atoms with Crippen molar-refractivity contribution >= 4 is 17.9 Å². The fourth-order valence-electron chi connectivity index (χ4n) is 9.26. The summed E-state index contributed by atoms with van der Waals surface area (Å²) in [5.74, 6) is -0.860. The minimum absolute atomic E-state index is 0.0712. The van der Waals surface area contributed by atoms with Crippen LogP contribution in [0.2, 0.25) is 0 Å². The molecule has 0 aromatic heterocycles. The average molecular weight is 972 g/mol. The predicted molar refractivity (Wildman–Crippen MR) is 298 cm³/mol. The fraction of sp³-hybridized carbons (Fsp3) is 0.889. The van der Waals surface area contributed by atoms with Crippen LogP contribution in [0, 0.1) is 0 Å². The van der Waals surface area contributed by atoms with Gasteiger partial charge in [-0.1, -0.05) is 276 Å². The number of hydrogen-bond acceptors (Lipinski definition) is 6. The topological polar surface area (TPSA) is 78.9 Å². The third-order valence-electron chi connectivity index (χ3n) is 13.9. The molecule has 0 saturated heterocycles. The number of ether oxygens (including phenoxy) is 3. The van der Waals surface area contributed by atoms with Crippen LogP contribution >= 0.6 is 0 Å². The third kappa shape index (κ3) is 56.7. The molecule has 0 aliphatic carbocycles. The van der Waals surface area contributed by atoms with E-state index in [0.717, 1.165) is 64.2 Å². The number of carbonyl (C=O) groups excluding carboxylic acids is 3. The molecule has 0 aliphatic heterocycles. The van der Waals surface area contributed by atoms with Gasteiger partial charge in [0.1, 0.15) is 13.2 Å². The van der Waals surface area contributed by atoms with E-state index in [1.54, 1.807) is 0 Å². The van der Waals surface area contributed by atoms with E-state index < -0.39 is 6.10 Å². The minimum atomic E-state index is -0.774. The highest BCUT2D eigenvalue weighted by Gasteiger charge is 2.19. The van der Waals surface area contributed by atoms with Crippen molar-refractivity contribution in [3.05, 3.63) is 24.3 Å². The molecule has 0 spiro atoms. The number of unbranched alkanes of at least 4 members (excludes halogenated alkanes) is 42. The summed E-state index contributed by atoms with van der Waals surface area (Å²) in [6.07, 6.45) is 68.9. The zero-order valence-corrected chi connectivity index (χ0v) is 46.6. The van der Waals surface area contributed by atoms with Crippen LogP contribution in [0.5, 0.6) is 0 Å². The molecule has 6 heteroatoms. The van der Waals surface area contributed by atoms with Gasteiger partial charge in [-0.2, -0.15) is 0 Å². The second-order valence-corrected chi connectivity index (χ2v) is 21.0. The van der Waals surface area contributed by atoms with Crippen molar-refractivity contribution in [3.8, 4) is 0 Å². The van der Waals surface area contributed by atoms with E-state index in [1.807, 2.05) is 0 Å². The van der Waals surface area contributed by atoms with Crippen molar-refractivity contribution in [3.63, 3.8) is 0 Å². The summed E-state index contributed by atoms with van der Waals surface area (Å²) < 4.78 is 16.9. The van der Waals surface area contributed by atoms with Gasteiger partial charge in [-0.15, -0.1) is 0 Å². The standard InChI is InChI=1S/C63H118O6/c1-4-7-10-13-16-19-22-25-28-31-32-33-36-38-41-44-47-50-53-56-62(65)68-59-60(69-63(66)57-54-51-48-45-42-39-35-30-27-24-21-18-15-12-9-6-3)58-67-61(64)55-52-49-46-43-40-37-34-29-26-23-20-17-14-11-8-5-2/h30-32,35,60H,4-29,33-34,36-59H2,1-3H3/b32-31-,35-30-. The Hall–Kier alpha value is -2.11. The van der Waals surface area contributed by atoms with Crippen molar-refractivity contribution in [1.29, 1.82) is 0 Å². The SMILES string of the molecule is CCCCCCCCC/C=C\CCCCCCCC(=O)OC(COC(=O)CCCCCCCCC/C=C\CCCCCCCCCC)COC(=O)CCCCCCCCCCCCCCCCCC. The molecule has 0 bridgehead atoms. The maximum Gasteiger partial charge on any atom is 0.306 e. The number of carbonyl (C=O) groups is 3. The van der Waals surface area contributed by atoms with Crippen molar-refractivity contribution in [2.45, 2.75) is 348 Å². The molecule has 0 amide bonds. The van der Waals surface area contributed by atoms with Crippen molar-refractivity contribution in [2.24, 2.45) is 0 Å². The molecule has 0 N–H and O–H groups in total. The van der Waals surface area contributed by atoms with Crippen LogP contribution in [0.15, 0.2) is 24.3 Å². The molecule has 1 unspecified atom stereocenters. The van der Waals surface area contributed by atoms with E-state index in [1.165, 1.54) is 238 Å². The normalized spacial score (nSPS) is 12.1. The van der Waals surface area contributed by atoms with Gasteiger partial charge in [0.05, 0.1) is 0 Å². The van der Waals surface area contributed by atoms with Gasteiger partial charge in [0.15, 0.2) is 6.10 Å². The summed E-state index contributed by atoms with van der Waals surface area (Å²) in [5, 5.41) is 0. The smallest absolute Gasteiger partial charge is 0.306 e. The lowest BCUT2D eigenvalue weighted by atomic mass is 10.0. The van der Waals surface area contributed by atoms with Gasteiger partial charge in [0.25, 0.3) is 0 Å². The molecule has 1 atom stereocenters. The lowest BCUT2D eigenvalue weighted by molar-refractivity contribution is -0.167. The third-order valence-corrected chi connectivity index (χ3v) is 13.9. The quantitative estimate of drug-likeness (QED) is 0.0261. The lowest BCUT2D eigenvalue weighted by Crippen LogP contribution is -2.30. The van der Waals surface area contributed by atoms with Crippen LogP contribution in [0.25, 0.3) is 0 Å². The fourth-order valence-corrected chi connectivity index (χ4v) is 9.26. The summed E-state index contributed by atoms with van der Waals surface area (Å²) in [4.78, 5) is 38.2. The Bertz CT molecular complexity index is 1110. The Labute approximate surface area is 430 Å². The molecule has 0 rings (SSSR count). The molecule has 0 aliphatic rings. The highest BCUT2D eigenvalue weighted by molar-refractivity contribution is 5.71. The Kier molecular flexibility index (Phi) is 56.7. The Balaban J connectivity index is 4.33. The second-order valence-electron chi connectivity index (χ2n) is 21.0. The predicted octanol–water partition coefficient (Wildman–Crippen LogP) is 20.7. The molecule has 0 fully saturated rings. The van der Waals surface area contributed by atoms with Crippen LogP contribution in [0.1, 0.15) is 342 Å². The number of allylic oxidation sites excluding steroid dienone is 4. The second kappa shape index (κ2) is 58.5. The summed E-state index contributed by atoms with van der Waals surface area (Å²) in [5.41, 5.74) is 0. The maximum absolute atomic E-state index is 12.9. The molecule has 0 heterocycles.